The molecule has 1 aliphatic heterocycles. The highest BCUT2D eigenvalue weighted by Crippen LogP contribution is 2.54. The van der Waals surface area contributed by atoms with Crippen LogP contribution in [0.15, 0.2) is 18.2 Å². The van der Waals surface area contributed by atoms with Crippen molar-refractivity contribution in [3.8, 4) is 0 Å². The zero-order valence-corrected chi connectivity index (χ0v) is 12.1. The number of hydrogen-bond donors (Lipinski definition) is 0. The summed E-state index contributed by atoms with van der Waals surface area (Å²) in [4.78, 5) is 4.31. The number of rotatable bonds is 2. The summed E-state index contributed by atoms with van der Waals surface area (Å²) < 4.78 is 38.0. The van der Waals surface area contributed by atoms with Crippen LogP contribution in [-0.2, 0) is 9.31 Å². The van der Waals surface area contributed by atoms with Crippen molar-refractivity contribution in [1.82, 2.24) is 4.98 Å². The zero-order chi connectivity index (χ0) is 14.8. The predicted molar refractivity (Wildman–Crippen MR) is 72.3 cm³/mol. The van der Waals surface area contributed by atoms with Crippen LogP contribution < -0.4 is 5.59 Å². The Morgan fingerprint density at radius 3 is 2.20 bits per heavy atom. The quantitative estimate of drug-likeness (QED) is 0.780. The largest absolute Gasteiger partial charge is 0.514 e. The van der Waals surface area contributed by atoms with Gasteiger partial charge in [0.1, 0.15) is 0 Å². The van der Waals surface area contributed by atoms with Crippen molar-refractivity contribution < 1.29 is 18.1 Å². The van der Waals surface area contributed by atoms with Gasteiger partial charge in [-0.2, -0.15) is 0 Å². The van der Waals surface area contributed by atoms with E-state index in [9.17, 15) is 8.78 Å². The first-order chi connectivity index (χ1) is 9.12. The van der Waals surface area contributed by atoms with Crippen molar-refractivity contribution in [2.45, 2.75) is 57.2 Å². The first-order valence-corrected chi connectivity index (χ1v) is 6.83. The third-order valence-corrected chi connectivity index (χ3v) is 4.47. The van der Waals surface area contributed by atoms with Crippen LogP contribution in [0, 0.1) is 0 Å². The molecule has 2 fully saturated rings. The van der Waals surface area contributed by atoms with Gasteiger partial charge in [-0.05, 0) is 39.8 Å². The van der Waals surface area contributed by atoms with Crippen LogP contribution in [-0.4, -0.2) is 29.2 Å². The highest BCUT2D eigenvalue weighted by Gasteiger charge is 2.59. The fraction of sp³-hybridized carbons (Fsp3) is 0.643. The Morgan fingerprint density at radius 1 is 1.15 bits per heavy atom. The second-order valence-electron chi connectivity index (χ2n) is 6.59. The van der Waals surface area contributed by atoms with E-state index in [0.717, 1.165) is 0 Å². The maximum Gasteiger partial charge on any atom is 0.514 e. The molecule has 2 aliphatic rings. The van der Waals surface area contributed by atoms with Gasteiger partial charge in [-0.15, -0.1) is 0 Å². The van der Waals surface area contributed by atoms with Crippen LogP contribution >= 0.6 is 0 Å². The van der Waals surface area contributed by atoms with Gasteiger partial charge in [-0.3, -0.25) is 4.98 Å². The third-order valence-electron chi connectivity index (χ3n) is 4.47. The maximum absolute atomic E-state index is 13.1. The normalized spacial score (nSPS) is 29.5. The SMILES string of the molecule is CC1(C)OB(c2cccc(C3CC3(F)F)n2)OC1(C)C. The summed E-state index contributed by atoms with van der Waals surface area (Å²) >= 11 is 0. The molecule has 1 saturated carbocycles. The van der Waals surface area contributed by atoms with Crippen molar-refractivity contribution in [3.05, 3.63) is 23.9 Å². The molecule has 6 heteroatoms. The Labute approximate surface area is 117 Å². The van der Waals surface area contributed by atoms with Crippen molar-refractivity contribution in [1.29, 1.82) is 0 Å². The van der Waals surface area contributed by atoms with Gasteiger partial charge in [0.2, 0.25) is 0 Å². The molecule has 1 aromatic rings. The molecule has 20 heavy (non-hydrogen) atoms. The van der Waals surface area contributed by atoms with Crippen LogP contribution in [0.1, 0.15) is 45.7 Å². The van der Waals surface area contributed by atoms with Crippen LogP contribution in [0.5, 0.6) is 0 Å². The first-order valence-electron chi connectivity index (χ1n) is 6.83. The smallest absolute Gasteiger partial charge is 0.398 e. The van der Waals surface area contributed by atoms with E-state index in [2.05, 4.69) is 4.98 Å². The van der Waals surface area contributed by atoms with E-state index in [1.807, 2.05) is 27.7 Å². The Hall–Kier alpha value is -1.01. The molecule has 1 aliphatic carbocycles. The van der Waals surface area contributed by atoms with Gasteiger partial charge in [-0.25, -0.2) is 8.78 Å². The molecule has 1 atom stereocenters. The van der Waals surface area contributed by atoms with Crippen LogP contribution in [0.25, 0.3) is 0 Å². The van der Waals surface area contributed by atoms with E-state index in [-0.39, 0.29) is 6.42 Å². The number of hydrogen-bond acceptors (Lipinski definition) is 3. The Balaban J connectivity index is 1.84. The molecule has 0 amide bonds. The topological polar surface area (TPSA) is 31.4 Å². The fourth-order valence-corrected chi connectivity index (χ4v) is 2.29. The van der Waals surface area contributed by atoms with Crippen LogP contribution in [0.2, 0.25) is 0 Å². The van der Waals surface area contributed by atoms with Gasteiger partial charge in [0, 0.05) is 12.1 Å². The van der Waals surface area contributed by atoms with E-state index in [1.54, 1.807) is 18.2 Å². The molecule has 1 saturated heterocycles. The van der Waals surface area contributed by atoms with Gasteiger partial charge >= 0.3 is 7.12 Å². The summed E-state index contributed by atoms with van der Waals surface area (Å²) in [6.45, 7) is 7.80. The van der Waals surface area contributed by atoms with Gasteiger partial charge in [0.15, 0.2) is 0 Å². The van der Waals surface area contributed by atoms with Crippen molar-refractivity contribution in [2.75, 3.05) is 0 Å². The molecule has 0 aromatic carbocycles. The Bertz CT molecular complexity index is 532. The second-order valence-corrected chi connectivity index (χ2v) is 6.59. The monoisotopic (exact) mass is 281 g/mol. The molecule has 1 unspecified atom stereocenters. The average molecular weight is 281 g/mol. The number of nitrogens with zero attached hydrogens (tertiary/aromatic N) is 1. The molecule has 3 nitrogen and oxygen atoms in total. The molecule has 108 valence electrons. The van der Waals surface area contributed by atoms with E-state index in [1.165, 1.54) is 0 Å². The second kappa shape index (κ2) is 4.01. The van der Waals surface area contributed by atoms with Crippen molar-refractivity contribution in [2.24, 2.45) is 0 Å². The molecule has 3 rings (SSSR count). The Kier molecular flexibility index (Phi) is 2.80. The summed E-state index contributed by atoms with van der Waals surface area (Å²) in [7, 11) is -0.604. The minimum atomic E-state index is -2.61. The Morgan fingerprint density at radius 2 is 1.70 bits per heavy atom. The molecule has 0 bridgehead atoms. The van der Waals surface area contributed by atoms with Gasteiger partial charge in [0.05, 0.1) is 22.7 Å². The van der Waals surface area contributed by atoms with Crippen molar-refractivity contribution in [3.63, 3.8) is 0 Å². The molecule has 0 N–H and O–H groups in total. The van der Waals surface area contributed by atoms with Gasteiger partial charge in [0.25, 0.3) is 5.92 Å². The van der Waals surface area contributed by atoms with Crippen LogP contribution in [0.4, 0.5) is 8.78 Å². The van der Waals surface area contributed by atoms with E-state index < -0.39 is 30.2 Å². The lowest BCUT2D eigenvalue weighted by Gasteiger charge is -2.32. The average Bonchev–Trinajstić information content (AvgIpc) is 2.90. The molecule has 2 heterocycles. The predicted octanol–water partition coefficient (Wildman–Crippen LogP) is 2.50. The molecule has 0 radical (unpaired) electrons. The zero-order valence-electron chi connectivity index (χ0n) is 12.1. The van der Waals surface area contributed by atoms with Gasteiger partial charge in [-0.1, -0.05) is 6.07 Å². The van der Waals surface area contributed by atoms with E-state index in [4.69, 9.17) is 9.31 Å². The number of alkyl halides is 2. The number of aromatic nitrogens is 1. The van der Waals surface area contributed by atoms with Crippen molar-refractivity contribution >= 4 is 12.7 Å². The van der Waals surface area contributed by atoms with Crippen LogP contribution in [0.3, 0.4) is 0 Å². The lowest BCUT2D eigenvalue weighted by Crippen LogP contribution is -2.41. The molecule has 1 aromatic heterocycles. The fourth-order valence-electron chi connectivity index (χ4n) is 2.29. The maximum atomic E-state index is 13.1. The standard InChI is InChI=1S/C14H18BF2NO2/c1-12(2)13(3,4)20-15(19-12)11-7-5-6-10(18-11)9-8-14(9,16)17/h5-7,9H,8H2,1-4H3. The highest BCUT2D eigenvalue weighted by atomic mass is 19.3. The lowest BCUT2D eigenvalue weighted by molar-refractivity contribution is 0.00578. The summed E-state index contributed by atoms with van der Waals surface area (Å²) in [5.41, 5.74) is 0.0589. The summed E-state index contributed by atoms with van der Waals surface area (Å²) in [5, 5.41) is 0. The molecular weight excluding hydrogens is 263 g/mol. The number of pyridine rings is 1. The minimum Gasteiger partial charge on any atom is -0.398 e. The lowest BCUT2D eigenvalue weighted by atomic mass is 9.84. The third kappa shape index (κ3) is 2.15. The number of halogens is 2. The minimum absolute atomic E-state index is 0.118. The molecule has 0 spiro atoms. The summed E-state index contributed by atoms with van der Waals surface area (Å²) in [6, 6.07) is 5.13. The van der Waals surface area contributed by atoms with E-state index >= 15 is 0 Å². The highest BCUT2D eigenvalue weighted by molar-refractivity contribution is 6.61. The van der Waals surface area contributed by atoms with E-state index in [0.29, 0.717) is 11.3 Å². The first kappa shape index (κ1) is 14.0. The summed E-state index contributed by atoms with van der Waals surface area (Å²) in [5.74, 6) is -3.37. The summed E-state index contributed by atoms with van der Waals surface area (Å²) in [6.07, 6.45) is -0.118. The van der Waals surface area contributed by atoms with Gasteiger partial charge < -0.3 is 9.31 Å². The molecular formula is C14H18BF2NO2.